The molecule has 10 heteroatoms. The van der Waals surface area contributed by atoms with Gasteiger partial charge in [-0.2, -0.15) is 0 Å². The van der Waals surface area contributed by atoms with Gasteiger partial charge in [0.2, 0.25) is 0 Å². The van der Waals surface area contributed by atoms with Crippen LogP contribution in [0.1, 0.15) is 22.8 Å². The molecule has 8 bridgehead atoms. The van der Waals surface area contributed by atoms with E-state index < -0.39 is 51.5 Å². The SMILES string of the molecule is FC1=C(F)c2nc1c(F)c1[nH]c(cc3nc(cc4c(-c5ccccc5)c(-c5ccccc5)c(c2-c2ccccc2)n4-c2ccccc2)C=C3)c(F)c1F.[Pt]. The average Bonchev–Trinajstić information content (AvgIpc) is 3.94. The van der Waals surface area contributed by atoms with Gasteiger partial charge in [0.25, 0.3) is 0 Å². The minimum atomic E-state index is -1.65. The van der Waals surface area contributed by atoms with Crippen LogP contribution in [0.2, 0.25) is 0 Å². The number of H-pyrrole nitrogens is 1. The van der Waals surface area contributed by atoms with Gasteiger partial charge < -0.3 is 9.55 Å². The van der Waals surface area contributed by atoms with Crippen LogP contribution in [0.15, 0.2) is 133 Å². The Hall–Kier alpha value is -6.18. The van der Waals surface area contributed by atoms with Crippen molar-refractivity contribution in [3.8, 4) is 39.1 Å². The minimum absolute atomic E-state index is 0. The molecule has 4 nitrogen and oxygen atoms in total. The van der Waals surface area contributed by atoms with Crippen molar-refractivity contribution in [3.63, 3.8) is 0 Å². The maximum Gasteiger partial charge on any atom is 0.189 e. The van der Waals surface area contributed by atoms with Crippen molar-refractivity contribution in [1.29, 1.82) is 0 Å². The molecule has 5 heterocycles. The van der Waals surface area contributed by atoms with Crippen LogP contribution in [0.3, 0.4) is 0 Å². The van der Waals surface area contributed by atoms with Crippen LogP contribution in [0.25, 0.3) is 84.9 Å². The molecule has 0 saturated heterocycles. The van der Waals surface area contributed by atoms with Gasteiger partial charge in [-0.3, -0.25) is 0 Å². The van der Waals surface area contributed by atoms with Gasteiger partial charge in [0, 0.05) is 43.4 Å². The molecule has 4 aromatic carbocycles. The Kier molecular flexibility index (Phi) is 9.04. The van der Waals surface area contributed by atoms with Crippen molar-refractivity contribution < 1.29 is 43.0 Å². The fourth-order valence-corrected chi connectivity index (χ4v) is 7.00. The van der Waals surface area contributed by atoms with E-state index >= 15 is 22.0 Å². The summed E-state index contributed by atoms with van der Waals surface area (Å²) in [6.07, 6.45) is 3.36. The van der Waals surface area contributed by atoms with Gasteiger partial charge in [-0.15, -0.1) is 0 Å². The number of hydrogen-bond acceptors (Lipinski definition) is 2. The number of rotatable bonds is 4. The van der Waals surface area contributed by atoms with Crippen molar-refractivity contribution in [3.05, 3.63) is 174 Å². The van der Waals surface area contributed by atoms with E-state index in [0.29, 0.717) is 33.5 Å². The van der Waals surface area contributed by atoms with Crippen molar-refractivity contribution in [2.75, 3.05) is 0 Å². The molecule has 7 aromatic rings. The molecule has 2 aliphatic heterocycles. The standard InChI is InChI=1S/C44H25F5N4.Pt/c45-36-31-23-28-21-22-29(50-28)24-32-33(25-13-5-1-6-14-25)34(26-15-7-2-8-16-26)44(53(32)30-19-11-4-12-20-30)35(27-17-9-3-10-18-27)41-38(47)39(48)43(52-41)40(49)42(51-31)37(36)46;/h1-24,51H;. The third kappa shape index (κ3) is 5.72. The van der Waals surface area contributed by atoms with E-state index in [1.807, 2.05) is 102 Å². The zero-order chi connectivity index (χ0) is 36.2. The second kappa shape index (κ2) is 14.0. The molecule has 0 amide bonds. The number of nitrogens with zero attached hydrogens (tertiary/aromatic N) is 3. The Bertz CT molecular complexity index is 2810. The second-order valence-electron chi connectivity index (χ2n) is 12.5. The van der Waals surface area contributed by atoms with Crippen molar-refractivity contribution in [2.45, 2.75) is 0 Å². The number of para-hydroxylation sites is 1. The molecular weight excluding hydrogens is 875 g/mol. The van der Waals surface area contributed by atoms with Gasteiger partial charge in [0.1, 0.15) is 16.9 Å². The Morgan fingerprint density at radius 1 is 0.481 bits per heavy atom. The summed E-state index contributed by atoms with van der Waals surface area (Å²) in [7, 11) is 0. The summed E-state index contributed by atoms with van der Waals surface area (Å²) in [4.78, 5) is 11.3. The average molecular weight is 900 g/mol. The Balaban J connectivity index is 0.00000413. The van der Waals surface area contributed by atoms with Crippen LogP contribution in [-0.2, 0) is 21.1 Å². The first-order chi connectivity index (χ1) is 25.9. The Morgan fingerprint density at radius 2 is 0.981 bits per heavy atom. The molecule has 2 aliphatic rings. The van der Waals surface area contributed by atoms with Gasteiger partial charge in [0.05, 0.1) is 27.9 Å². The quantitative estimate of drug-likeness (QED) is 0.179. The topological polar surface area (TPSA) is 46.5 Å². The van der Waals surface area contributed by atoms with Crippen molar-refractivity contribution in [2.24, 2.45) is 0 Å². The van der Waals surface area contributed by atoms with Gasteiger partial charge in [-0.25, -0.2) is 31.9 Å². The summed E-state index contributed by atoms with van der Waals surface area (Å²) < 4.78 is 81.5. The molecule has 9 rings (SSSR count). The third-order valence-electron chi connectivity index (χ3n) is 9.31. The number of aromatic amines is 1. The number of halogens is 5. The van der Waals surface area contributed by atoms with Crippen LogP contribution < -0.4 is 0 Å². The number of fused-ring (bicyclic) bond motifs is 8. The number of benzene rings is 4. The zero-order valence-electron chi connectivity index (χ0n) is 27.9. The normalized spacial score (nSPS) is 12.2. The molecule has 54 heavy (non-hydrogen) atoms. The smallest absolute Gasteiger partial charge is 0.189 e. The molecule has 0 radical (unpaired) electrons. The van der Waals surface area contributed by atoms with Crippen LogP contribution in [-0.4, -0.2) is 19.5 Å². The summed E-state index contributed by atoms with van der Waals surface area (Å²) in [6.45, 7) is 0. The molecule has 0 spiro atoms. The van der Waals surface area contributed by atoms with E-state index in [9.17, 15) is 0 Å². The second-order valence-corrected chi connectivity index (χ2v) is 12.5. The fraction of sp³-hybridized carbons (Fsp3) is 0. The first kappa shape index (κ1) is 34.9. The maximum atomic E-state index is 16.7. The Morgan fingerprint density at radius 3 is 1.57 bits per heavy atom. The molecular formula is C44H25F5N4Pt. The van der Waals surface area contributed by atoms with E-state index in [-0.39, 0.29) is 32.3 Å². The maximum absolute atomic E-state index is 16.7. The zero-order valence-corrected chi connectivity index (χ0v) is 30.2. The predicted molar refractivity (Wildman–Crippen MR) is 200 cm³/mol. The monoisotopic (exact) mass is 899 g/mol. The molecule has 1 N–H and O–H groups in total. The number of nitrogens with one attached hydrogen (secondary N) is 1. The first-order valence-corrected chi connectivity index (χ1v) is 16.7. The van der Waals surface area contributed by atoms with E-state index in [1.54, 1.807) is 42.5 Å². The fourth-order valence-electron chi connectivity index (χ4n) is 7.00. The molecule has 0 aliphatic carbocycles. The predicted octanol–water partition coefficient (Wildman–Crippen LogP) is 12.1. The summed E-state index contributed by atoms with van der Waals surface area (Å²) in [5.41, 5.74) is 2.94. The molecule has 0 saturated carbocycles. The van der Waals surface area contributed by atoms with Crippen molar-refractivity contribution >= 4 is 45.9 Å². The van der Waals surface area contributed by atoms with Crippen LogP contribution >= 0.6 is 0 Å². The van der Waals surface area contributed by atoms with Gasteiger partial charge in [-0.05, 0) is 53.1 Å². The van der Waals surface area contributed by atoms with Gasteiger partial charge >= 0.3 is 0 Å². The first-order valence-electron chi connectivity index (χ1n) is 16.7. The van der Waals surface area contributed by atoms with E-state index in [4.69, 9.17) is 4.98 Å². The largest absolute Gasteiger partial charge is 0.348 e. The molecule has 266 valence electrons. The third-order valence-corrected chi connectivity index (χ3v) is 9.31. The van der Waals surface area contributed by atoms with Gasteiger partial charge in [-0.1, -0.05) is 109 Å². The minimum Gasteiger partial charge on any atom is -0.348 e. The molecule has 3 aromatic heterocycles. The van der Waals surface area contributed by atoms with Gasteiger partial charge in [0.15, 0.2) is 29.1 Å². The summed E-state index contributed by atoms with van der Waals surface area (Å²) in [5.74, 6) is -7.70. The van der Waals surface area contributed by atoms with Crippen LogP contribution in [0.4, 0.5) is 22.0 Å². The summed E-state index contributed by atoms with van der Waals surface area (Å²) in [6, 6.07) is 40.4. The Labute approximate surface area is 319 Å². The van der Waals surface area contributed by atoms with Crippen LogP contribution in [0.5, 0.6) is 0 Å². The molecule has 0 fully saturated rings. The van der Waals surface area contributed by atoms with Crippen molar-refractivity contribution in [1.82, 2.24) is 19.5 Å². The molecule has 0 unspecified atom stereocenters. The number of hydrogen-bond donors (Lipinski definition) is 1. The van der Waals surface area contributed by atoms with E-state index in [0.717, 1.165) is 16.7 Å². The molecule has 0 atom stereocenters. The van der Waals surface area contributed by atoms with E-state index in [2.05, 4.69) is 9.97 Å². The summed E-state index contributed by atoms with van der Waals surface area (Å²) in [5, 5.41) is 0. The van der Waals surface area contributed by atoms with E-state index in [1.165, 1.54) is 6.07 Å². The summed E-state index contributed by atoms with van der Waals surface area (Å²) >= 11 is 0. The number of aromatic nitrogens is 4. The van der Waals surface area contributed by atoms with Crippen LogP contribution in [0, 0.1) is 17.5 Å².